The molecule has 3 N–H and O–H groups in total. The van der Waals surface area contributed by atoms with E-state index in [1.807, 2.05) is 0 Å². The predicted octanol–water partition coefficient (Wildman–Crippen LogP) is 3.80. The molecule has 0 amide bonds. The summed E-state index contributed by atoms with van der Waals surface area (Å²) in [5.41, 5.74) is 0. The van der Waals surface area contributed by atoms with Crippen molar-refractivity contribution >= 4 is 30.4 Å². The van der Waals surface area contributed by atoms with E-state index in [2.05, 4.69) is 0 Å². The van der Waals surface area contributed by atoms with Crippen molar-refractivity contribution in [1.29, 1.82) is 0 Å². The maximum absolute atomic E-state index is 11.2. The smallest absolute Gasteiger partial charge is 0.294 e. The number of ether oxygens (including phenoxy) is 6. The van der Waals surface area contributed by atoms with Gasteiger partial charge in [0.25, 0.3) is 30.4 Å². The monoisotopic (exact) mass is 726 g/mol. The minimum Gasteiger partial charge on any atom is -0.490 e. The molecular formula is C30H30O15S3. The summed E-state index contributed by atoms with van der Waals surface area (Å²) in [4.78, 5) is -0.802. The third kappa shape index (κ3) is 11.6. The SMILES string of the molecule is O=S(=O)(O)c1ccc(OCCOc2cc(OCCOc3ccc(S(=O)(=O)O)cc3)cc(OCCOc3ccc(S(=O)(=O)O)cc3)c2)cc1. The molecule has 0 unspecified atom stereocenters. The predicted molar refractivity (Wildman–Crippen MR) is 168 cm³/mol. The van der Waals surface area contributed by atoms with Crippen LogP contribution in [-0.2, 0) is 30.4 Å². The van der Waals surface area contributed by atoms with Crippen LogP contribution in [0.1, 0.15) is 0 Å². The van der Waals surface area contributed by atoms with E-state index in [4.69, 9.17) is 42.1 Å². The van der Waals surface area contributed by atoms with E-state index in [9.17, 15) is 25.3 Å². The third-order valence-electron chi connectivity index (χ3n) is 6.08. The van der Waals surface area contributed by atoms with E-state index in [1.165, 1.54) is 72.8 Å². The second-order valence-electron chi connectivity index (χ2n) is 9.57. The molecule has 0 fully saturated rings. The number of hydrogen-bond donors (Lipinski definition) is 3. The minimum absolute atomic E-state index is 0.0777. The zero-order valence-corrected chi connectivity index (χ0v) is 27.3. The first-order valence-corrected chi connectivity index (χ1v) is 18.1. The van der Waals surface area contributed by atoms with Gasteiger partial charge in [0.1, 0.15) is 74.1 Å². The summed E-state index contributed by atoms with van der Waals surface area (Å²) in [5.74, 6) is 2.14. The largest absolute Gasteiger partial charge is 0.490 e. The topological polar surface area (TPSA) is 218 Å². The van der Waals surface area contributed by atoms with Gasteiger partial charge < -0.3 is 28.4 Å². The van der Waals surface area contributed by atoms with Gasteiger partial charge in [-0.25, -0.2) is 0 Å². The summed E-state index contributed by atoms with van der Waals surface area (Å²) in [6, 6.07) is 20.3. The van der Waals surface area contributed by atoms with Crippen molar-refractivity contribution in [2.24, 2.45) is 0 Å². The van der Waals surface area contributed by atoms with Gasteiger partial charge in [0.05, 0.1) is 14.7 Å². The summed E-state index contributed by atoms with van der Waals surface area (Å²) in [6.07, 6.45) is 0. The Balaban J connectivity index is 1.33. The Morgan fingerprint density at radius 1 is 0.333 bits per heavy atom. The second kappa shape index (κ2) is 16.0. The van der Waals surface area contributed by atoms with Gasteiger partial charge in [0, 0.05) is 18.2 Å². The average Bonchev–Trinajstić information content (AvgIpc) is 3.03. The van der Waals surface area contributed by atoms with E-state index in [-0.39, 0.29) is 54.3 Å². The van der Waals surface area contributed by atoms with Crippen LogP contribution in [0.25, 0.3) is 0 Å². The number of hydrogen-bond acceptors (Lipinski definition) is 12. The van der Waals surface area contributed by atoms with Crippen LogP contribution in [0.15, 0.2) is 106 Å². The summed E-state index contributed by atoms with van der Waals surface area (Å²) < 4.78 is 129. The lowest BCUT2D eigenvalue weighted by Gasteiger charge is -2.14. The Labute approximate surface area is 276 Å². The molecule has 0 aliphatic heterocycles. The molecule has 0 aromatic heterocycles. The Morgan fingerprint density at radius 2 is 0.521 bits per heavy atom. The fraction of sp³-hybridized carbons (Fsp3) is 0.200. The van der Waals surface area contributed by atoms with Gasteiger partial charge in [-0.3, -0.25) is 13.7 Å². The fourth-order valence-electron chi connectivity index (χ4n) is 3.88. The Morgan fingerprint density at radius 3 is 0.708 bits per heavy atom. The second-order valence-corrected chi connectivity index (χ2v) is 13.8. The molecular weight excluding hydrogens is 697 g/mol. The van der Waals surface area contributed by atoms with Gasteiger partial charge in [0.15, 0.2) is 0 Å². The molecule has 0 spiro atoms. The van der Waals surface area contributed by atoms with Crippen molar-refractivity contribution in [3.05, 3.63) is 91.0 Å². The quantitative estimate of drug-likeness (QED) is 0.0981. The van der Waals surface area contributed by atoms with Crippen LogP contribution in [0.5, 0.6) is 34.5 Å². The molecule has 0 radical (unpaired) electrons. The van der Waals surface area contributed by atoms with Crippen molar-refractivity contribution in [3.63, 3.8) is 0 Å². The lowest BCUT2D eigenvalue weighted by molar-refractivity contribution is 0.202. The van der Waals surface area contributed by atoms with Crippen LogP contribution >= 0.6 is 0 Å². The molecule has 4 rings (SSSR count). The fourth-order valence-corrected chi connectivity index (χ4v) is 5.32. The molecule has 15 nitrogen and oxygen atoms in total. The Hall–Kier alpha value is -4.59. The van der Waals surface area contributed by atoms with Crippen LogP contribution in [0.4, 0.5) is 0 Å². The number of rotatable bonds is 18. The normalized spacial score (nSPS) is 11.8. The average molecular weight is 727 g/mol. The van der Waals surface area contributed by atoms with Crippen molar-refractivity contribution in [2.75, 3.05) is 39.6 Å². The molecule has 48 heavy (non-hydrogen) atoms. The van der Waals surface area contributed by atoms with Gasteiger partial charge in [0.2, 0.25) is 0 Å². The highest BCUT2D eigenvalue weighted by molar-refractivity contribution is 7.86. The molecule has 0 bridgehead atoms. The Bertz CT molecular complexity index is 1730. The lowest BCUT2D eigenvalue weighted by atomic mass is 10.3. The third-order valence-corrected chi connectivity index (χ3v) is 8.68. The molecule has 4 aromatic rings. The van der Waals surface area contributed by atoms with Crippen LogP contribution in [0, 0.1) is 0 Å². The number of benzene rings is 4. The van der Waals surface area contributed by atoms with Gasteiger partial charge in [-0.05, 0) is 72.8 Å². The molecule has 0 heterocycles. The van der Waals surface area contributed by atoms with Crippen LogP contribution < -0.4 is 28.4 Å². The summed E-state index contributed by atoms with van der Waals surface area (Å²) in [7, 11) is -13.0. The molecule has 258 valence electrons. The maximum atomic E-state index is 11.2. The van der Waals surface area contributed by atoms with Crippen molar-refractivity contribution in [3.8, 4) is 34.5 Å². The summed E-state index contributed by atoms with van der Waals surface area (Å²) in [5, 5.41) is 0. The minimum atomic E-state index is -4.32. The highest BCUT2D eigenvalue weighted by Crippen LogP contribution is 2.28. The van der Waals surface area contributed by atoms with Crippen molar-refractivity contribution < 1.29 is 67.3 Å². The zero-order valence-electron chi connectivity index (χ0n) is 24.9. The standard InChI is InChI=1S/C30H30O15S3/c31-46(32,33)28-7-1-22(2-8-28)40-13-16-43-25-19-26(44-17-14-41-23-3-9-29(10-4-23)47(34,35)36)21-27(20-25)45-18-15-42-24-5-11-30(12-6-24)48(37,38)39/h1-12,19-21H,13-18H2,(H,31,32,33)(H,34,35,36)(H,37,38,39). The van der Waals surface area contributed by atoms with Gasteiger partial charge in [-0.2, -0.15) is 25.3 Å². The first-order chi connectivity index (χ1) is 22.7. The molecule has 0 atom stereocenters. The first-order valence-electron chi connectivity index (χ1n) is 13.8. The first kappa shape index (κ1) is 36.2. The van der Waals surface area contributed by atoms with Crippen molar-refractivity contribution in [2.45, 2.75) is 14.7 Å². The molecule has 0 saturated carbocycles. The van der Waals surface area contributed by atoms with Crippen LogP contribution in [0.3, 0.4) is 0 Å². The lowest BCUT2D eigenvalue weighted by Crippen LogP contribution is -2.12. The van der Waals surface area contributed by atoms with E-state index in [1.54, 1.807) is 18.2 Å². The highest BCUT2D eigenvalue weighted by atomic mass is 32.2. The van der Waals surface area contributed by atoms with Gasteiger partial charge >= 0.3 is 0 Å². The summed E-state index contributed by atoms with van der Waals surface area (Å²) >= 11 is 0. The van der Waals surface area contributed by atoms with Crippen molar-refractivity contribution in [1.82, 2.24) is 0 Å². The summed E-state index contributed by atoms with van der Waals surface area (Å²) in [6.45, 7) is 0.486. The Kier molecular flexibility index (Phi) is 12.1. The molecule has 0 aliphatic rings. The van der Waals surface area contributed by atoms with E-state index in [0.717, 1.165) is 0 Å². The van der Waals surface area contributed by atoms with E-state index >= 15 is 0 Å². The highest BCUT2D eigenvalue weighted by Gasteiger charge is 2.12. The van der Waals surface area contributed by atoms with Gasteiger partial charge in [-0.15, -0.1) is 0 Å². The molecule has 4 aromatic carbocycles. The molecule has 18 heteroatoms. The van der Waals surface area contributed by atoms with Gasteiger partial charge in [-0.1, -0.05) is 0 Å². The van der Waals surface area contributed by atoms with E-state index < -0.39 is 30.4 Å². The van der Waals surface area contributed by atoms with Crippen LogP contribution in [0.2, 0.25) is 0 Å². The molecule has 0 saturated heterocycles. The maximum Gasteiger partial charge on any atom is 0.294 e. The zero-order chi connectivity index (χ0) is 34.8. The van der Waals surface area contributed by atoms with E-state index in [0.29, 0.717) is 34.5 Å². The molecule has 0 aliphatic carbocycles. The van der Waals surface area contributed by atoms with Crippen LogP contribution in [-0.4, -0.2) is 78.6 Å².